The molecule has 0 aromatic heterocycles. The molecule has 1 saturated carbocycles. The third kappa shape index (κ3) is 1.72. The first kappa shape index (κ1) is 8.06. The van der Waals surface area contributed by atoms with Gasteiger partial charge in [0.15, 0.2) is 0 Å². The summed E-state index contributed by atoms with van der Waals surface area (Å²) in [6, 6.07) is 0.727. The van der Waals surface area contributed by atoms with E-state index in [0.29, 0.717) is 0 Å². The summed E-state index contributed by atoms with van der Waals surface area (Å²) in [5.41, 5.74) is 0. The Kier molecular flexibility index (Phi) is 2.72. The Balaban J connectivity index is 2.29. The highest BCUT2D eigenvalue weighted by molar-refractivity contribution is 4.79. The van der Waals surface area contributed by atoms with Crippen molar-refractivity contribution < 1.29 is 0 Å². The van der Waals surface area contributed by atoms with Crippen LogP contribution in [-0.2, 0) is 0 Å². The summed E-state index contributed by atoms with van der Waals surface area (Å²) in [5.74, 6) is 1.92. The first-order valence-electron chi connectivity index (χ1n) is 4.41. The zero-order chi connectivity index (χ0) is 7.56. The fraction of sp³-hybridized carbons (Fsp3) is 1.00. The number of hydrogen-bond donors (Lipinski definition) is 1. The maximum Gasteiger partial charge on any atom is 0.00640 e. The van der Waals surface area contributed by atoms with Gasteiger partial charge in [0.25, 0.3) is 0 Å². The summed E-state index contributed by atoms with van der Waals surface area (Å²) >= 11 is 0. The minimum absolute atomic E-state index is 0.727. The first-order valence-corrected chi connectivity index (χ1v) is 4.41. The SMILES string of the molecule is CNC(C)C1CCC(C)C1. The Hall–Kier alpha value is -0.0400. The maximum atomic E-state index is 3.33. The Bertz CT molecular complexity index is 101. The van der Waals surface area contributed by atoms with Gasteiger partial charge in [-0.3, -0.25) is 0 Å². The van der Waals surface area contributed by atoms with E-state index in [1.807, 2.05) is 0 Å². The monoisotopic (exact) mass is 141 g/mol. The molecule has 10 heavy (non-hydrogen) atoms. The molecule has 0 amide bonds. The maximum absolute atomic E-state index is 3.33. The average molecular weight is 141 g/mol. The van der Waals surface area contributed by atoms with Crippen LogP contribution in [-0.4, -0.2) is 13.1 Å². The van der Waals surface area contributed by atoms with Crippen molar-refractivity contribution in [3.05, 3.63) is 0 Å². The van der Waals surface area contributed by atoms with Crippen molar-refractivity contribution in [2.75, 3.05) is 7.05 Å². The third-order valence-electron chi connectivity index (χ3n) is 2.90. The molecule has 0 aliphatic heterocycles. The molecular weight excluding hydrogens is 122 g/mol. The molecule has 1 aliphatic carbocycles. The largest absolute Gasteiger partial charge is 0.317 e. The smallest absolute Gasteiger partial charge is 0.00640 e. The molecule has 0 saturated heterocycles. The molecule has 0 aromatic carbocycles. The van der Waals surface area contributed by atoms with Gasteiger partial charge < -0.3 is 5.32 Å². The average Bonchev–Trinajstić information content (AvgIpc) is 2.34. The van der Waals surface area contributed by atoms with Crippen LogP contribution in [0.5, 0.6) is 0 Å². The Labute approximate surface area is 64.2 Å². The van der Waals surface area contributed by atoms with Gasteiger partial charge in [-0.1, -0.05) is 13.3 Å². The van der Waals surface area contributed by atoms with Crippen LogP contribution in [0.3, 0.4) is 0 Å². The second-order valence-electron chi connectivity index (χ2n) is 3.76. The van der Waals surface area contributed by atoms with Crippen molar-refractivity contribution in [1.82, 2.24) is 5.32 Å². The predicted molar refractivity (Wildman–Crippen MR) is 45.0 cm³/mol. The van der Waals surface area contributed by atoms with E-state index in [9.17, 15) is 0 Å². The van der Waals surface area contributed by atoms with Gasteiger partial charge in [-0.25, -0.2) is 0 Å². The van der Waals surface area contributed by atoms with Crippen LogP contribution >= 0.6 is 0 Å². The number of hydrogen-bond acceptors (Lipinski definition) is 1. The molecule has 0 aromatic rings. The van der Waals surface area contributed by atoms with Crippen molar-refractivity contribution in [2.45, 2.75) is 39.2 Å². The lowest BCUT2D eigenvalue weighted by Gasteiger charge is -2.17. The highest BCUT2D eigenvalue weighted by atomic mass is 14.9. The minimum Gasteiger partial charge on any atom is -0.317 e. The van der Waals surface area contributed by atoms with E-state index >= 15 is 0 Å². The molecule has 1 N–H and O–H groups in total. The van der Waals surface area contributed by atoms with Gasteiger partial charge in [0.2, 0.25) is 0 Å². The van der Waals surface area contributed by atoms with Crippen LogP contribution in [0.15, 0.2) is 0 Å². The van der Waals surface area contributed by atoms with Gasteiger partial charge in [-0.15, -0.1) is 0 Å². The van der Waals surface area contributed by atoms with Crippen LogP contribution < -0.4 is 5.32 Å². The van der Waals surface area contributed by atoms with Crippen molar-refractivity contribution in [2.24, 2.45) is 11.8 Å². The van der Waals surface area contributed by atoms with E-state index in [2.05, 4.69) is 26.2 Å². The molecule has 1 heteroatoms. The van der Waals surface area contributed by atoms with Crippen molar-refractivity contribution in [3.63, 3.8) is 0 Å². The molecule has 3 unspecified atom stereocenters. The van der Waals surface area contributed by atoms with E-state index in [1.165, 1.54) is 19.3 Å². The minimum atomic E-state index is 0.727. The summed E-state index contributed by atoms with van der Waals surface area (Å²) in [6.07, 6.45) is 4.31. The number of rotatable bonds is 2. The quantitative estimate of drug-likeness (QED) is 0.620. The van der Waals surface area contributed by atoms with E-state index in [1.54, 1.807) is 0 Å². The lowest BCUT2D eigenvalue weighted by molar-refractivity contribution is 0.393. The fourth-order valence-electron chi connectivity index (χ4n) is 1.94. The Morgan fingerprint density at radius 2 is 2.10 bits per heavy atom. The van der Waals surface area contributed by atoms with Gasteiger partial charge in [0, 0.05) is 6.04 Å². The molecule has 1 nitrogen and oxygen atoms in total. The molecule has 0 bridgehead atoms. The van der Waals surface area contributed by atoms with Gasteiger partial charge in [0.05, 0.1) is 0 Å². The summed E-state index contributed by atoms with van der Waals surface area (Å²) in [5, 5.41) is 3.33. The normalized spacial score (nSPS) is 36.3. The van der Waals surface area contributed by atoms with Crippen LogP contribution in [0, 0.1) is 11.8 Å². The molecule has 0 radical (unpaired) electrons. The zero-order valence-corrected chi connectivity index (χ0v) is 7.35. The van der Waals surface area contributed by atoms with Gasteiger partial charge in [-0.05, 0) is 38.6 Å². The van der Waals surface area contributed by atoms with Crippen molar-refractivity contribution >= 4 is 0 Å². The van der Waals surface area contributed by atoms with Gasteiger partial charge in [0.1, 0.15) is 0 Å². The van der Waals surface area contributed by atoms with E-state index in [0.717, 1.165) is 17.9 Å². The van der Waals surface area contributed by atoms with Crippen LogP contribution in [0.4, 0.5) is 0 Å². The van der Waals surface area contributed by atoms with Crippen molar-refractivity contribution in [3.8, 4) is 0 Å². The van der Waals surface area contributed by atoms with Crippen LogP contribution in [0.1, 0.15) is 33.1 Å². The Morgan fingerprint density at radius 1 is 1.40 bits per heavy atom. The lowest BCUT2D eigenvalue weighted by Crippen LogP contribution is -2.28. The summed E-state index contributed by atoms with van der Waals surface area (Å²) in [6.45, 7) is 4.66. The van der Waals surface area contributed by atoms with Gasteiger partial charge >= 0.3 is 0 Å². The standard InChI is InChI=1S/C9H19N/c1-7-4-5-9(6-7)8(2)10-3/h7-10H,4-6H2,1-3H3. The van der Waals surface area contributed by atoms with E-state index in [4.69, 9.17) is 0 Å². The highest BCUT2D eigenvalue weighted by Crippen LogP contribution is 2.32. The first-order chi connectivity index (χ1) is 4.74. The van der Waals surface area contributed by atoms with E-state index < -0.39 is 0 Å². The van der Waals surface area contributed by atoms with Crippen LogP contribution in [0.25, 0.3) is 0 Å². The molecule has 0 spiro atoms. The summed E-state index contributed by atoms with van der Waals surface area (Å²) < 4.78 is 0. The molecule has 3 atom stereocenters. The molecule has 1 fully saturated rings. The highest BCUT2D eigenvalue weighted by Gasteiger charge is 2.24. The second-order valence-corrected chi connectivity index (χ2v) is 3.76. The van der Waals surface area contributed by atoms with Gasteiger partial charge in [-0.2, -0.15) is 0 Å². The topological polar surface area (TPSA) is 12.0 Å². The van der Waals surface area contributed by atoms with Crippen molar-refractivity contribution in [1.29, 1.82) is 0 Å². The molecule has 0 heterocycles. The molecule has 1 aliphatic rings. The predicted octanol–water partition coefficient (Wildman–Crippen LogP) is 2.03. The zero-order valence-electron chi connectivity index (χ0n) is 7.35. The fourth-order valence-corrected chi connectivity index (χ4v) is 1.94. The lowest BCUT2D eigenvalue weighted by atomic mass is 9.99. The third-order valence-corrected chi connectivity index (χ3v) is 2.90. The van der Waals surface area contributed by atoms with E-state index in [-0.39, 0.29) is 0 Å². The summed E-state index contributed by atoms with van der Waals surface area (Å²) in [4.78, 5) is 0. The molecule has 1 rings (SSSR count). The number of nitrogens with one attached hydrogen (secondary N) is 1. The Morgan fingerprint density at radius 3 is 2.50 bits per heavy atom. The second kappa shape index (κ2) is 3.38. The summed E-state index contributed by atoms with van der Waals surface area (Å²) in [7, 11) is 2.06. The van der Waals surface area contributed by atoms with Crippen LogP contribution in [0.2, 0.25) is 0 Å². The molecular formula is C9H19N. The molecule has 60 valence electrons.